The summed E-state index contributed by atoms with van der Waals surface area (Å²) in [6, 6.07) is 10.8. The van der Waals surface area contributed by atoms with Crippen LogP contribution in [0.4, 0.5) is 0 Å². The summed E-state index contributed by atoms with van der Waals surface area (Å²) in [5.41, 5.74) is 2.98. The fraction of sp³-hybridized carbons (Fsp3) is 0.545. The van der Waals surface area contributed by atoms with E-state index in [-0.39, 0.29) is 0 Å². The highest BCUT2D eigenvalue weighted by atomic mass is 32.1. The molecule has 1 nitrogen and oxygen atoms in total. The predicted molar refractivity (Wildman–Crippen MR) is 106 cm³/mol. The zero-order chi connectivity index (χ0) is 17.2. The summed E-state index contributed by atoms with van der Waals surface area (Å²) >= 11 is 1.85. The first kappa shape index (κ1) is 19.1. The molecule has 1 aliphatic rings. The molecule has 0 unspecified atom stereocenters. The summed E-state index contributed by atoms with van der Waals surface area (Å²) in [7, 11) is 1.78. The van der Waals surface area contributed by atoms with Crippen LogP contribution in [0, 0.1) is 5.92 Å². The third kappa shape index (κ3) is 5.66. The highest BCUT2D eigenvalue weighted by Crippen LogP contribution is 2.33. The fourth-order valence-corrected chi connectivity index (χ4v) is 4.29. The van der Waals surface area contributed by atoms with E-state index >= 15 is 0 Å². The highest BCUT2D eigenvalue weighted by Gasteiger charge is 2.20. The molecule has 2 heteroatoms. The molecule has 132 valence electrons. The smallest absolute Gasteiger partial charge is 0.122 e. The topological polar surface area (TPSA) is 9.23 Å². The van der Waals surface area contributed by atoms with E-state index < -0.39 is 0 Å². The summed E-state index contributed by atoms with van der Waals surface area (Å²) in [5.74, 6) is 1.99. The van der Waals surface area contributed by atoms with Gasteiger partial charge in [0.2, 0.25) is 0 Å². The summed E-state index contributed by atoms with van der Waals surface area (Å²) < 4.78 is 5.43. The van der Waals surface area contributed by atoms with Crippen molar-refractivity contribution in [1.29, 1.82) is 0 Å². The van der Waals surface area contributed by atoms with Crippen LogP contribution in [0.2, 0.25) is 0 Å². The number of ether oxygens (including phenoxy) is 1. The molecule has 1 heterocycles. The van der Waals surface area contributed by atoms with Gasteiger partial charge in [-0.2, -0.15) is 0 Å². The first-order valence-corrected chi connectivity index (χ1v) is 10.3. The third-order valence-corrected chi connectivity index (χ3v) is 5.74. The van der Waals surface area contributed by atoms with Crippen LogP contribution in [0.25, 0.3) is 0 Å². The van der Waals surface area contributed by atoms with Gasteiger partial charge >= 0.3 is 0 Å². The second kappa shape index (κ2) is 10.6. The highest BCUT2D eigenvalue weighted by molar-refractivity contribution is 7.09. The Morgan fingerprint density at radius 2 is 2.00 bits per heavy atom. The molecule has 1 aromatic heterocycles. The monoisotopic (exact) mass is 344 g/mol. The van der Waals surface area contributed by atoms with E-state index in [1.807, 2.05) is 11.3 Å². The Kier molecular flexibility index (Phi) is 8.38. The molecule has 0 aliphatic heterocycles. The van der Waals surface area contributed by atoms with E-state index in [0.29, 0.717) is 0 Å². The predicted octanol–water partition coefficient (Wildman–Crippen LogP) is 6.69. The van der Waals surface area contributed by atoms with Crippen molar-refractivity contribution < 1.29 is 4.74 Å². The van der Waals surface area contributed by atoms with Crippen molar-refractivity contribution >= 4 is 11.3 Å². The molecule has 1 aliphatic carbocycles. The Hall–Kier alpha value is -1.28. The normalized spacial score (nSPS) is 16.0. The second-order valence-electron chi connectivity index (χ2n) is 6.68. The van der Waals surface area contributed by atoms with Gasteiger partial charge in [-0.05, 0) is 60.2 Å². The Morgan fingerprint density at radius 1 is 1.12 bits per heavy atom. The summed E-state index contributed by atoms with van der Waals surface area (Å²) in [4.78, 5) is 1.51. The van der Waals surface area contributed by atoms with Crippen molar-refractivity contribution in [2.45, 2.75) is 65.2 Å². The maximum absolute atomic E-state index is 5.43. The van der Waals surface area contributed by atoms with Gasteiger partial charge in [0.1, 0.15) is 5.75 Å². The van der Waals surface area contributed by atoms with Crippen molar-refractivity contribution in [2.24, 2.45) is 5.92 Å². The molecule has 0 fully saturated rings. The first-order chi connectivity index (χ1) is 11.8. The molecule has 24 heavy (non-hydrogen) atoms. The van der Waals surface area contributed by atoms with Gasteiger partial charge in [-0.15, -0.1) is 11.3 Å². The van der Waals surface area contributed by atoms with Crippen LogP contribution in [-0.2, 0) is 19.3 Å². The zero-order valence-corrected chi connectivity index (χ0v) is 16.3. The van der Waals surface area contributed by atoms with Gasteiger partial charge in [0.05, 0.1) is 7.11 Å². The van der Waals surface area contributed by atoms with Crippen LogP contribution in [-0.4, -0.2) is 7.11 Å². The summed E-state index contributed by atoms with van der Waals surface area (Å²) in [6.45, 7) is 4.49. The summed E-state index contributed by atoms with van der Waals surface area (Å²) in [5, 5.41) is 2.13. The Morgan fingerprint density at radius 3 is 2.67 bits per heavy atom. The SMILES string of the molecule is CCCC[C@H]1CCc2c(cccc2OC)C1.CCCc1cccs1. The Balaban J connectivity index is 0.000000219. The lowest BCUT2D eigenvalue weighted by Crippen LogP contribution is -2.15. The summed E-state index contributed by atoms with van der Waals surface area (Å²) in [6.07, 6.45) is 10.4. The number of fused-ring (bicyclic) bond motifs is 1. The number of thiophene rings is 1. The number of hydrogen-bond acceptors (Lipinski definition) is 2. The van der Waals surface area contributed by atoms with E-state index in [2.05, 4.69) is 49.6 Å². The van der Waals surface area contributed by atoms with Gasteiger partial charge in [0.25, 0.3) is 0 Å². The molecule has 3 rings (SSSR count). The van der Waals surface area contributed by atoms with Crippen LogP contribution in [0.1, 0.15) is 62.0 Å². The van der Waals surface area contributed by atoms with Gasteiger partial charge < -0.3 is 4.74 Å². The van der Waals surface area contributed by atoms with Crippen molar-refractivity contribution in [1.82, 2.24) is 0 Å². The average molecular weight is 345 g/mol. The van der Waals surface area contributed by atoms with Crippen LogP contribution in [0.5, 0.6) is 5.75 Å². The van der Waals surface area contributed by atoms with E-state index in [4.69, 9.17) is 4.74 Å². The van der Waals surface area contributed by atoms with Gasteiger partial charge in [-0.1, -0.05) is 57.7 Å². The molecule has 0 N–H and O–H groups in total. The van der Waals surface area contributed by atoms with Gasteiger partial charge in [-0.3, -0.25) is 0 Å². The lowest BCUT2D eigenvalue weighted by Gasteiger charge is -2.25. The maximum Gasteiger partial charge on any atom is 0.122 e. The van der Waals surface area contributed by atoms with Crippen molar-refractivity contribution in [3.63, 3.8) is 0 Å². The van der Waals surface area contributed by atoms with Crippen LogP contribution < -0.4 is 4.74 Å². The lowest BCUT2D eigenvalue weighted by atomic mass is 9.81. The van der Waals surface area contributed by atoms with E-state index in [1.54, 1.807) is 7.11 Å². The third-order valence-electron chi connectivity index (χ3n) is 4.80. The largest absolute Gasteiger partial charge is 0.496 e. The van der Waals surface area contributed by atoms with Crippen LogP contribution in [0.3, 0.4) is 0 Å². The van der Waals surface area contributed by atoms with Gasteiger partial charge in [0, 0.05) is 4.88 Å². The number of aryl methyl sites for hydroxylation is 1. The molecule has 0 bridgehead atoms. The van der Waals surface area contributed by atoms with Gasteiger partial charge in [0.15, 0.2) is 0 Å². The lowest BCUT2D eigenvalue weighted by molar-refractivity contribution is 0.383. The number of hydrogen-bond donors (Lipinski definition) is 0. The molecular formula is C22H32OS. The minimum Gasteiger partial charge on any atom is -0.496 e. The molecule has 0 radical (unpaired) electrons. The van der Waals surface area contributed by atoms with E-state index in [9.17, 15) is 0 Å². The fourth-order valence-electron chi connectivity index (χ4n) is 3.48. The Bertz CT molecular complexity index is 574. The minimum absolute atomic E-state index is 0.902. The van der Waals surface area contributed by atoms with Crippen LogP contribution in [0.15, 0.2) is 35.7 Å². The quantitative estimate of drug-likeness (QED) is 0.567. The standard InChI is InChI=1S/C15H22O.C7H10S/c1-3-4-6-12-9-10-14-13(11-12)7-5-8-15(14)16-2;1-2-4-7-5-3-6-8-7/h5,7-8,12H,3-4,6,9-11H2,1-2H3;3,5-6H,2,4H2,1H3/t12-;/m0./s1. The second-order valence-corrected chi connectivity index (χ2v) is 7.71. The molecule has 0 spiro atoms. The van der Waals surface area contributed by atoms with Crippen molar-refractivity contribution in [3.05, 3.63) is 51.7 Å². The molecule has 0 amide bonds. The van der Waals surface area contributed by atoms with Crippen LogP contribution >= 0.6 is 11.3 Å². The number of methoxy groups -OCH3 is 1. The number of rotatable bonds is 6. The number of unbranched alkanes of at least 4 members (excludes halogenated alkanes) is 1. The molecule has 1 atom stereocenters. The maximum atomic E-state index is 5.43. The van der Waals surface area contributed by atoms with E-state index in [0.717, 1.165) is 11.7 Å². The average Bonchev–Trinajstić information content (AvgIpc) is 3.13. The van der Waals surface area contributed by atoms with Crippen molar-refractivity contribution in [2.75, 3.05) is 7.11 Å². The first-order valence-electron chi connectivity index (χ1n) is 9.45. The molecule has 0 saturated heterocycles. The molecular weight excluding hydrogens is 312 g/mol. The molecule has 1 aromatic carbocycles. The minimum atomic E-state index is 0.902. The number of benzene rings is 1. The van der Waals surface area contributed by atoms with Gasteiger partial charge in [-0.25, -0.2) is 0 Å². The Labute approximate surface area is 152 Å². The molecule has 0 saturated carbocycles. The zero-order valence-electron chi connectivity index (χ0n) is 15.5. The van der Waals surface area contributed by atoms with E-state index in [1.165, 1.54) is 67.4 Å². The molecule has 2 aromatic rings. The van der Waals surface area contributed by atoms with Crippen molar-refractivity contribution in [3.8, 4) is 5.75 Å².